The van der Waals surface area contributed by atoms with E-state index in [9.17, 15) is 15.0 Å². The standard InChI is InChI=1S/C29H46O5/c1-17(2)8-7-9-18(3)21-10-11-22-23-14-24(33-19(4)30)28(32)15-20(31)12-13-27(28,6)29(23)25(34-29)16-26(21,22)5/h14,17-18,20-22,24-25,31-32H,7-13,15-16H2,1-6H3/t18-,20+,21-,22+,24+,25-,26-,27+,28+,29+/m1/s1. The normalized spacial score (nSPS) is 49.9. The molecule has 192 valence electrons. The van der Waals surface area contributed by atoms with Gasteiger partial charge in [0.2, 0.25) is 0 Å². The first kappa shape index (κ1) is 24.8. The molecule has 10 atom stereocenters. The number of fused-ring (bicyclic) bond motifs is 3. The van der Waals surface area contributed by atoms with Crippen molar-refractivity contribution in [3.63, 3.8) is 0 Å². The van der Waals surface area contributed by atoms with Crippen molar-refractivity contribution in [2.75, 3.05) is 0 Å². The van der Waals surface area contributed by atoms with Gasteiger partial charge in [0.15, 0.2) is 0 Å². The SMILES string of the molecule is CC(=O)O[C@H]1C=C2[C@@H]3CC[C@H]([C@H](C)CCCC(C)C)[C@@]3(C)C[C@H]3O[C@@]23[C@@]2(C)CC[C@H](O)C[C@]12O. The molecule has 0 radical (unpaired) electrons. The molecule has 3 saturated carbocycles. The van der Waals surface area contributed by atoms with Crippen LogP contribution in [0.2, 0.25) is 0 Å². The smallest absolute Gasteiger partial charge is 0.303 e. The number of hydrogen-bond acceptors (Lipinski definition) is 5. The van der Waals surface area contributed by atoms with E-state index in [4.69, 9.17) is 9.47 Å². The molecule has 2 N–H and O–H groups in total. The Hall–Kier alpha value is -0.910. The van der Waals surface area contributed by atoms with Crippen molar-refractivity contribution in [1.82, 2.24) is 0 Å². The minimum absolute atomic E-state index is 0.105. The molecule has 1 heterocycles. The van der Waals surface area contributed by atoms with Crippen LogP contribution in [0.5, 0.6) is 0 Å². The third kappa shape index (κ3) is 3.25. The van der Waals surface area contributed by atoms with Gasteiger partial charge in [-0.3, -0.25) is 4.79 Å². The molecule has 0 aromatic carbocycles. The van der Waals surface area contributed by atoms with Crippen LogP contribution < -0.4 is 0 Å². The summed E-state index contributed by atoms with van der Waals surface area (Å²) in [5.74, 6) is 2.12. The summed E-state index contributed by atoms with van der Waals surface area (Å²) in [6.07, 6.45) is 9.69. The lowest BCUT2D eigenvalue weighted by Crippen LogP contribution is -2.70. The first-order chi connectivity index (χ1) is 15.9. The van der Waals surface area contributed by atoms with Crippen molar-refractivity contribution < 1.29 is 24.5 Å². The second-order valence-corrected chi connectivity index (χ2v) is 13.4. The Morgan fingerprint density at radius 2 is 1.91 bits per heavy atom. The van der Waals surface area contributed by atoms with Crippen molar-refractivity contribution in [1.29, 1.82) is 0 Å². The highest BCUT2D eigenvalue weighted by molar-refractivity contribution is 5.67. The van der Waals surface area contributed by atoms with Gasteiger partial charge in [-0.2, -0.15) is 0 Å². The number of ether oxygens (including phenoxy) is 2. The Bertz CT molecular complexity index is 867. The van der Waals surface area contributed by atoms with E-state index in [0.717, 1.165) is 18.8 Å². The molecule has 0 amide bonds. The molecule has 0 aromatic rings. The van der Waals surface area contributed by atoms with E-state index < -0.39 is 28.8 Å². The quantitative estimate of drug-likeness (QED) is 0.315. The van der Waals surface area contributed by atoms with E-state index in [1.165, 1.54) is 38.2 Å². The molecule has 0 aromatic heterocycles. The molecule has 5 aliphatic rings. The van der Waals surface area contributed by atoms with Crippen LogP contribution in [0, 0.1) is 34.5 Å². The van der Waals surface area contributed by atoms with Crippen LogP contribution in [0.3, 0.4) is 0 Å². The first-order valence-electron chi connectivity index (χ1n) is 13.9. The van der Waals surface area contributed by atoms with Gasteiger partial charge in [0.25, 0.3) is 0 Å². The van der Waals surface area contributed by atoms with Crippen molar-refractivity contribution >= 4 is 5.97 Å². The highest BCUT2D eigenvalue weighted by Crippen LogP contribution is 2.76. The molecule has 4 fully saturated rings. The Morgan fingerprint density at radius 3 is 2.59 bits per heavy atom. The Labute approximate surface area is 205 Å². The van der Waals surface area contributed by atoms with Gasteiger partial charge in [0.1, 0.15) is 17.3 Å². The molecule has 0 bridgehead atoms. The van der Waals surface area contributed by atoms with E-state index in [-0.39, 0.29) is 23.9 Å². The summed E-state index contributed by atoms with van der Waals surface area (Å²) >= 11 is 0. The first-order valence-corrected chi connectivity index (χ1v) is 13.9. The number of epoxide rings is 1. The van der Waals surface area contributed by atoms with Gasteiger partial charge in [-0.25, -0.2) is 0 Å². The number of esters is 1. The predicted octanol–water partition coefficient (Wildman–Crippen LogP) is 5.18. The molecular weight excluding hydrogens is 428 g/mol. The van der Waals surface area contributed by atoms with E-state index in [1.807, 2.05) is 0 Å². The van der Waals surface area contributed by atoms with Gasteiger partial charge in [-0.1, -0.05) is 53.9 Å². The third-order valence-corrected chi connectivity index (χ3v) is 11.1. The minimum Gasteiger partial charge on any atom is -0.455 e. The van der Waals surface area contributed by atoms with Crippen LogP contribution in [0.25, 0.3) is 0 Å². The van der Waals surface area contributed by atoms with Crippen LogP contribution in [-0.2, 0) is 14.3 Å². The largest absolute Gasteiger partial charge is 0.455 e. The monoisotopic (exact) mass is 474 g/mol. The fourth-order valence-corrected chi connectivity index (χ4v) is 9.29. The second kappa shape index (κ2) is 8.05. The summed E-state index contributed by atoms with van der Waals surface area (Å²) in [6.45, 7) is 13.1. The fourth-order valence-electron chi connectivity index (χ4n) is 9.29. The molecule has 1 spiro atoms. The Kier molecular flexibility index (Phi) is 5.86. The van der Waals surface area contributed by atoms with Crippen molar-refractivity contribution in [3.05, 3.63) is 11.6 Å². The van der Waals surface area contributed by atoms with Crippen LogP contribution in [0.4, 0.5) is 0 Å². The zero-order chi connectivity index (χ0) is 24.7. The van der Waals surface area contributed by atoms with E-state index in [1.54, 1.807) is 0 Å². The van der Waals surface area contributed by atoms with Gasteiger partial charge in [-0.15, -0.1) is 0 Å². The summed E-state index contributed by atoms with van der Waals surface area (Å²) in [5, 5.41) is 22.6. The zero-order valence-electron chi connectivity index (χ0n) is 22.1. The van der Waals surface area contributed by atoms with Crippen LogP contribution in [0.15, 0.2) is 11.6 Å². The predicted molar refractivity (Wildman–Crippen MR) is 131 cm³/mol. The number of carbonyl (C=O) groups excluding carboxylic acids is 1. The molecule has 5 heteroatoms. The Balaban J connectivity index is 1.50. The molecule has 5 rings (SSSR count). The number of carbonyl (C=O) groups is 1. The van der Waals surface area contributed by atoms with Crippen LogP contribution in [-0.4, -0.2) is 45.7 Å². The molecule has 34 heavy (non-hydrogen) atoms. The fraction of sp³-hybridized carbons (Fsp3) is 0.897. The van der Waals surface area contributed by atoms with Crippen molar-refractivity contribution in [2.45, 2.75) is 129 Å². The van der Waals surface area contributed by atoms with E-state index in [0.29, 0.717) is 30.6 Å². The molecule has 1 aliphatic heterocycles. The topological polar surface area (TPSA) is 79.3 Å². The highest BCUT2D eigenvalue weighted by atomic mass is 16.6. The maximum atomic E-state index is 12.1. The number of aliphatic hydroxyl groups excluding tert-OH is 1. The Morgan fingerprint density at radius 1 is 1.18 bits per heavy atom. The van der Waals surface area contributed by atoms with Gasteiger partial charge in [0, 0.05) is 18.8 Å². The van der Waals surface area contributed by atoms with Crippen LogP contribution >= 0.6 is 0 Å². The van der Waals surface area contributed by atoms with Gasteiger partial charge in [0.05, 0.1) is 12.2 Å². The van der Waals surface area contributed by atoms with E-state index in [2.05, 4.69) is 40.7 Å². The lowest BCUT2D eigenvalue weighted by Gasteiger charge is -2.60. The summed E-state index contributed by atoms with van der Waals surface area (Å²) in [7, 11) is 0. The molecule has 5 nitrogen and oxygen atoms in total. The average Bonchev–Trinajstić information content (AvgIpc) is 3.35. The van der Waals surface area contributed by atoms with Crippen molar-refractivity contribution in [2.24, 2.45) is 34.5 Å². The second-order valence-electron chi connectivity index (χ2n) is 13.4. The van der Waals surface area contributed by atoms with Gasteiger partial charge < -0.3 is 19.7 Å². The maximum Gasteiger partial charge on any atom is 0.303 e. The molecule has 0 unspecified atom stereocenters. The summed E-state index contributed by atoms with van der Waals surface area (Å²) in [6, 6.07) is 0. The maximum absolute atomic E-state index is 12.1. The summed E-state index contributed by atoms with van der Waals surface area (Å²) < 4.78 is 12.5. The lowest BCUT2D eigenvalue weighted by atomic mass is 9.45. The molecule has 4 aliphatic carbocycles. The zero-order valence-corrected chi connectivity index (χ0v) is 22.1. The van der Waals surface area contributed by atoms with Gasteiger partial charge >= 0.3 is 5.97 Å². The molecule has 1 saturated heterocycles. The lowest BCUT2D eigenvalue weighted by molar-refractivity contribution is -0.221. The summed E-state index contributed by atoms with van der Waals surface area (Å²) in [4.78, 5) is 12.1. The van der Waals surface area contributed by atoms with Crippen molar-refractivity contribution in [3.8, 4) is 0 Å². The third-order valence-electron chi connectivity index (χ3n) is 11.1. The number of hydrogen-bond donors (Lipinski definition) is 2. The van der Waals surface area contributed by atoms with Crippen LogP contribution in [0.1, 0.15) is 99.3 Å². The summed E-state index contributed by atoms with van der Waals surface area (Å²) in [5.41, 5.74) is -0.897. The molecular formula is C29H46O5. The average molecular weight is 475 g/mol. The van der Waals surface area contributed by atoms with Gasteiger partial charge in [-0.05, 0) is 72.8 Å². The number of rotatable bonds is 6. The highest BCUT2D eigenvalue weighted by Gasteiger charge is 2.82. The minimum atomic E-state index is -1.32. The van der Waals surface area contributed by atoms with E-state index >= 15 is 0 Å². The number of aliphatic hydroxyl groups is 2.